The van der Waals surface area contributed by atoms with Crippen LogP contribution in [0.4, 0.5) is 10.1 Å². The van der Waals surface area contributed by atoms with Gasteiger partial charge < -0.3 is 24.8 Å². The highest BCUT2D eigenvalue weighted by Crippen LogP contribution is 2.29. The van der Waals surface area contributed by atoms with Crippen molar-refractivity contribution in [1.82, 2.24) is 5.32 Å². The van der Waals surface area contributed by atoms with Gasteiger partial charge in [-0.3, -0.25) is 4.99 Å². The molecule has 0 bridgehead atoms. The molecular formula is C18H23FIN3O3. The molecule has 0 saturated carbocycles. The lowest BCUT2D eigenvalue weighted by Crippen LogP contribution is -2.30. The smallest absolute Gasteiger partial charge is 0.195 e. The van der Waals surface area contributed by atoms with Crippen LogP contribution in [-0.4, -0.2) is 34.3 Å². The van der Waals surface area contributed by atoms with Crippen LogP contribution in [0.15, 0.2) is 41.4 Å². The molecule has 0 aliphatic carbocycles. The molecule has 0 amide bonds. The van der Waals surface area contributed by atoms with Gasteiger partial charge in [-0.25, -0.2) is 4.39 Å². The number of anilines is 1. The van der Waals surface area contributed by atoms with Gasteiger partial charge >= 0.3 is 0 Å². The first-order valence-electron chi connectivity index (χ1n) is 7.63. The number of hydrogen-bond acceptors (Lipinski definition) is 4. The summed E-state index contributed by atoms with van der Waals surface area (Å²) in [5.41, 5.74) is 1.56. The van der Waals surface area contributed by atoms with Crippen LogP contribution in [0.3, 0.4) is 0 Å². The van der Waals surface area contributed by atoms with Gasteiger partial charge in [0.1, 0.15) is 0 Å². The quantitative estimate of drug-likeness (QED) is 0.380. The van der Waals surface area contributed by atoms with Crippen LogP contribution < -0.4 is 24.8 Å². The Morgan fingerprint density at radius 1 is 0.962 bits per heavy atom. The lowest BCUT2D eigenvalue weighted by atomic mass is 10.2. The standard InChI is InChI=1S/C18H22FN3O3.HI/c1-20-18(21-11-12-5-7-15(23-2)14(19)9-12)22-13-6-8-16(24-3)17(10-13)25-4;/h5-10H,11H2,1-4H3,(H2,20,21,22);1H. The monoisotopic (exact) mass is 475 g/mol. The van der Waals surface area contributed by atoms with Crippen molar-refractivity contribution < 1.29 is 18.6 Å². The molecule has 8 heteroatoms. The van der Waals surface area contributed by atoms with E-state index in [2.05, 4.69) is 15.6 Å². The molecule has 2 aromatic carbocycles. The van der Waals surface area contributed by atoms with E-state index in [1.807, 2.05) is 6.07 Å². The zero-order chi connectivity index (χ0) is 18.2. The van der Waals surface area contributed by atoms with Crippen LogP contribution >= 0.6 is 24.0 Å². The van der Waals surface area contributed by atoms with E-state index in [0.717, 1.165) is 11.3 Å². The van der Waals surface area contributed by atoms with Crippen LogP contribution in [0, 0.1) is 5.82 Å². The molecule has 0 spiro atoms. The Labute approximate surface area is 169 Å². The number of nitrogens with one attached hydrogen (secondary N) is 2. The summed E-state index contributed by atoms with van der Waals surface area (Å²) in [5, 5.41) is 6.27. The predicted molar refractivity (Wildman–Crippen MR) is 112 cm³/mol. The van der Waals surface area contributed by atoms with Crippen molar-refractivity contribution in [2.24, 2.45) is 4.99 Å². The Bertz CT molecular complexity index is 756. The Hall–Kier alpha value is -2.23. The number of nitrogens with zero attached hydrogens (tertiary/aromatic N) is 1. The fourth-order valence-corrected chi connectivity index (χ4v) is 2.24. The molecule has 0 heterocycles. The second-order valence-corrected chi connectivity index (χ2v) is 5.09. The molecule has 0 aromatic heterocycles. The van der Waals surface area contributed by atoms with E-state index >= 15 is 0 Å². The number of ether oxygens (including phenoxy) is 3. The minimum Gasteiger partial charge on any atom is -0.494 e. The topological polar surface area (TPSA) is 64.1 Å². The summed E-state index contributed by atoms with van der Waals surface area (Å²) in [6, 6.07) is 10.3. The van der Waals surface area contributed by atoms with E-state index < -0.39 is 5.82 Å². The third-order valence-electron chi connectivity index (χ3n) is 3.55. The van der Waals surface area contributed by atoms with Gasteiger partial charge in [0.2, 0.25) is 0 Å². The summed E-state index contributed by atoms with van der Waals surface area (Å²) in [4.78, 5) is 4.16. The van der Waals surface area contributed by atoms with Crippen molar-refractivity contribution in [1.29, 1.82) is 0 Å². The molecule has 0 aliphatic rings. The molecular weight excluding hydrogens is 452 g/mol. The zero-order valence-corrected chi connectivity index (χ0v) is 17.5. The molecule has 2 aromatic rings. The van der Waals surface area contributed by atoms with Crippen molar-refractivity contribution in [3.05, 3.63) is 47.8 Å². The van der Waals surface area contributed by atoms with E-state index in [4.69, 9.17) is 14.2 Å². The molecule has 0 aliphatic heterocycles. The highest BCUT2D eigenvalue weighted by molar-refractivity contribution is 14.0. The fraction of sp³-hybridized carbons (Fsp3) is 0.278. The largest absolute Gasteiger partial charge is 0.494 e. The maximum absolute atomic E-state index is 13.7. The number of halogens is 2. The van der Waals surface area contributed by atoms with Crippen molar-refractivity contribution in [3.8, 4) is 17.2 Å². The number of aliphatic imine (C=N–C) groups is 1. The highest BCUT2D eigenvalue weighted by Gasteiger charge is 2.07. The first-order chi connectivity index (χ1) is 12.1. The van der Waals surface area contributed by atoms with Gasteiger partial charge in [0.15, 0.2) is 29.0 Å². The average molecular weight is 475 g/mol. The van der Waals surface area contributed by atoms with Gasteiger partial charge in [0.05, 0.1) is 21.3 Å². The van der Waals surface area contributed by atoms with Crippen LogP contribution in [0.1, 0.15) is 5.56 Å². The highest BCUT2D eigenvalue weighted by atomic mass is 127. The zero-order valence-electron chi connectivity index (χ0n) is 15.1. The Morgan fingerprint density at radius 2 is 1.62 bits per heavy atom. The summed E-state index contributed by atoms with van der Waals surface area (Å²) >= 11 is 0. The Kier molecular flexibility index (Phi) is 8.97. The van der Waals surface area contributed by atoms with Crippen molar-refractivity contribution >= 4 is 35.6 Å². The predicted octanol–water partition coefficient (Wildman–Crippen LogP) is 3.66. The van der Waals surface area contributed by atoms with Gasteiger partial charge in [-0.1, -0.05) is 6.07 Å². The molecule has 0 saturated heterocycles. The van der Waals surface area contributed by atoms with Gasteiger partial charge in [-0.15, -0.1) is 24.0 Å². The normalized spacial score (nSPS) is 10.6. The van der Waals surface area contributed by atoms with Crippen LogP contribution in [-0.2, 0) is 6.54 Å². The van der Waals surface area contributed by atoms with Crippen molar-refractivity contribution in [2.75, 3.05) is 33.7 Å². The van der Waals surface area contributed by atoms with Crippen LogP contribution in [0.25, 0.3) is 0 Å². The van der Waals surface area contributed by atoms with Crippen LogP contribution in [0.2, 0.25) is 0 Å². The van der Waals surface area contributed by atoms with E-state index in [1.54, 1.807) is 45.5 Å². The first kappa shape index (κ1) is 21.8. The van der Waals surface area contributed by atoms with E-state index in [9.17, 15) is 4.39 Å². The summed E-state index contributed by atoms with van der Waals surface area (Å²) in [5.74, 6) is 1.62. The van der Waals surface area contributed by atoms with E-state index in [-0.39, 0.29) is 29.7 Å². The number of rotatable bonds is 6. The third kappa shape index (κ3) is 5.65. The number of hydrogen-bond donors (Lipinski definition) is 2. The Balaban J connectivity index is 0.00000338. The van der Waals surface area contributed by atoms with E-state index in [0.29, 0.717) is 24.0 Å². The molecule has 0 unspecified atom stereocenters. The van der Waals surface area contributed by atoms with Gasteiger partial charge in [0.25, 0.3) is 0 Å². The van der Waals surface area contributed by atoms with Gasteiger partial charge in [-0.2, -0.15) is 0 Å². The molecule has 0 fully saturated rings. The van der Waals surface area contributed by atoms with Gasteiger partial charge in [-0.05, 0) is 29.8 Å². The molecule has 0 atom stereocenters. The Morgan fingerprint density at radius 3 is 2.19 bits per heavy atom. The van der Waals surface area contributed by atoms with Gasteiger partial charge in [0, 0.05) is 25.3 Å². The minimum atomic E-state index is -0.398. The van der Waals surface area contributed by atoms with Crippen molar-refractivity contribution in [3.63, 3.8) is 0 Å². The first-order valence-corrected chi connectivity index (χ1v) is 7.63. The average Bonchev–Trinajstić information content (AvgIpc) is 2.64. The number of methoxy groups -OCH3 is 3. The summed E-state index contributed by atoms with van der Waals surface area (Å²) < 4.78 is 29.1. The maximum Gasteiger partial charge on any atom is 0.195 e. The summed E-state index contributed by atoms with van der Waals surface area (Å²) in [6.07, 6.45) is 0. The molecule has 6 nitrogen and oxygen atoms in total. The number of guanidine groups is 1. The second kappa shape index (κ2) is 10.7. The molecule has 0 radical (unpaired) electrons. The summed E-state index contributed by atoms with van der Waals surface area (Å²) in [6.45, 7) is 0.411. The lowest BCUT2D eigenvalue weighted by Gasteiger charge is -2.14. The minimum absolute atomic E-state index is 0. The maximum atomic E-state index is 13.7. The molecule has 142 valence electrons. The van der Waals surface area contributed by atoms with Crippen LogP contribution in [0.5, 0.6) is 17.2 Å². The third-order valence-corrected chi connectivity index (χ3v) is 3.55. The number of benzene rings is 2. The van der Waals surface area contributed by atoms with Crippen molar-refractivity contribution in [2.45, 2.75) is 6.54 Å². The molecule has 2 rings (SSSR count). The summed E-state index contributed by atoms with van der Waals surface area (Å²) in [7, 11) is 6.25. The second-order valence-electron chi connectivity index (χ2n) is 5.09. The molecule has 26 heavy (non-hydrogen) atoms. The molecule has 2 N–H and O–H groups in total. The lowest BCUT2D eigenvalue weighted by molar-refractivity contribution is 0.355. The SMILES string of the molecule is CN=C(NCc1ccc(OC)c(F)c1)Nc1ccc(OC)c(OC)c1.I. The van der Waals surface area contributed by atoms with E-state index in [1.165, 1.54) is 13.2 Å². The fourth-order valence-electron chi connectivity index (χ4n) is 2.24.